The number of aromatic nitrogens is 2. The van der Waals surface area contributed by atoms with Gasteiger partial charge in [-0.15, -0.1) is 0 Å². The van der Waals surface area contributed by atoms with Crippen LogP contribution in [0.25, 0.3) is 0 Å². The first kappa shape index (κ1) is 22.0. The second-order valence-electron chi connectivity index (χ2n) is 10.4. The third-order valence-corrected chi connectivity index (χ3v) is 7.33. The van der Waals surface area contributed by atoms with Gasteiger partial charge < -0.3 is 15.0 Å². The molecule has 1 amide bonds. The molecule has 1 aromatic carbocycles. The molecule has 1 saturated heterocycles. The van der Waals surface area contributed by atoms with Gasteiger partial charge in [0.2, 0.25) is 5.95 Å². The summed E-state index contributed by atoms with van der Waals surface area (Å²) in [5.41, 5.74) is 2.57. The fourth-order valence-corrected chi connectivity index (χ4v) is 5.34. The number of piperidine rings is 1. The average Bonchev–Trinajstić information content (AvgIpc) is 3.30. The maximum absolute atomic E-state index is 13.2. The van der Waals surface area contributed by atoms with Gasteiger partial charge in [-0.1, -0.05) is 19.8 Å². The van der Waals surface area contributed by atoms with Crippen molar-refractivity contribution in [2.45, 2.75) is 77.9 Å². The molecule has 0 spiro atoms. The lowest BCUT2D eigenvalue weighted by Gasteiger charge is -2.40. The Morgan fingerprint density at radius 2 is 1.85 bits per heavy atom. The van der Waals surface area contributed by atoms with Crippen molar-refractivity contribution in [1.29, 1.82) is 0 Å². The number of nitrogens with one attached hydrogen (secondary N) is 1. The lowest BCUT2D eigenvalue weighted by atomic mass is 9.98. The van der Waals surface area contributed by atoms with Crippen molar-refractivity contribution in [1.82, 2.24) is 9.97 Å². The van der Waals surface area contributed by atoms with Gasteiger partial charge in [0, 0.05) is 30.5 Å². The number of anilines is 4. The molecule has 176 valence electrons. The standard InChI is InChI=1S/C26H35N5O2/c1-17-11-13-30(14-12-17)21-10-9-19(15-18(21)2)28-25-27-16-22-23(29-25)31(20-7-5-6-8-20)24(32)26(3,4)33-22/h9-10,15-17,20H,5-8,11-14H2,1-4H3,(H,27,28,29). The van der Waals surface area contributed by atoms with Crippen LogP contribution in [-0.4, -0.2) is 40.6 Å². The molecule has 2 fully saturated rings. The molecule has 1 N–H and O–H groups in total. The van der Waals surface area contributed by atoms with Crippen LogP contribution in [-0.2, 0) is 4.79 Å². The molecule has 0 bridgehead atoms. The highest BCUT2D eigenvalue weighted by molar-refractivity contribution is 6.02. The summed E-state index contributed by atoms with van der Waals surface area (Å²) in [4.78, 5) is 26.8. The number of hydrogen-bond acceptors (Lipinski definition) is 6. The second kappa shape index (κ2) is 8.50. The molecule has 7 heteroatoms. The van der Waals surface area contributed by atoms with E-state index in [9.17, 15) is 4.79 Å². The Morgan fingerprint density at radius 1 is 1.12 bits per heavy atom. The summed E-state index contributed by atoms with van der Waals surface area (Å²) in [5, 5.41) is 3.34. The van der Waals surface area contributed by atoms with Crippen molar-refractivity contribution in [3.63, 3.8) is 0 Å². The molecular formula is C26H35N5O2. The van der Waals surface area contributed by atoms with Crippen molar-refractivity contribution in [3.8, 4) is 5.75 Å². The predicted octanol–water partition coefficient (Wildman–Crippen LogP) is 5.21. The van der Waals surface area contributed by atoms with Gasteiger partial charge in [0.05, 0.1) is 6.20 Å². The lowest BCUT2D eigenvalue weighted by molar-refractivity contribution is -0.133. The monoisotopic (exact) mass is 449 g/mol. The summed E-state index contributed by atoms with van der Waals surface area (Å²) < 4.78 is 5.99. The minimum atomic E-state index is -0.910. The second-order valence-corrected chi connectivity index (χ2v) is 10.4. The van der Waals surface area contributed by atoms with Gasteiger partial charge in [-0.3, -0.25) is 9.69 Å². The molecule has 2 aromatic rings. The molecule has 1 aliphatic carbocycles. The number of benzene rings is 1. The Bertz CT molecular complexity index is 1040. The third kappa shape index (κ3) is 4.25. The van der Waals surface area contributed by atoms with E-state index in [1.807, 2.05) is 18.7 Å². The maximum atomic E-state index is 13.2. The Morgan fingerprint density at radius 3 is 2.55 bits per heavy atom. The Balaban J connectivity index is 1.39. The van der Waals surface area contributed by atoms with Gasteiger partial charge in [-0.2, -0.15) is 4.98 Å². The smallest absolute Gasteiger partial charge is 0.272 e. The fraction of sp³-hybridized carbons (Fsp3) is 0.577. The van der Waals surface area contributed by atoms with Crippen molar-refractivity contribution in [2.24, 2.45) is 5.92 Å². The number of rotatable bonds is 4. The summed E-state index contributed by atoms with van der Waals surface area (Å²) >= 11 is 0. The van der Waals surface area contributed by atoms with Gasteiger partial charge in [-0.05, 0) is 76.1 Å². The first-order valence-corrected chi connectivity index (χ1v) is 12.3. The number of fused-ring (bicyclic) bond motifs is 1. The molecule has 1 saturated carbocycles. The summed E-state index contributed by atoms with van der Waals surface area (Å²) in [5.74, 6) is 2.42. The van der Waals surface area contributed by atoms with E-state index < -0.39 is 5.60 Å². The number of carbonyl (C=O) groups excluding carboxylic acids is 1. The molecule has 1 aromatic heterocycles. The quantitative estimate of drug-likeness (QED) is 0.691. The lowest BCUT2D eigenvalue weighted by Crippen LogP contribution is -2.55. The van der Waals surface area contributed by atoms with Crippen molar-refractivity contribution in [2.75, 3.05) is 28.2 Å². The number of aryl methyl sites for hydroxylation is 1. The van der Waals surface area contributed by atoms with Crippen LogP contribution in [0.1, 0.15) is 64.9 Å². The Kier molecular flexibility index (Phi) is 5.67. The van der Waals surface area contributed by atoms with Crippen LogP contribution < -0.4 is 19.9 Å². The van der Waals surface area contributed by atoms with Crippen LogP contribution in [0.5, 0.6) is 5.75 Å². The molecule has 0 radical (unpaired) electrons. The van der Waals surface area contributed by atoms with Gasteiger partial charge in [0.15, 0.2) is 17.2 Å². The fourth-order valence-electron chi connectivity index (χ4n) is 5.34. The van der Waals surface area contributed by atoms with E-state index in [-0.39, 0.29) is 11.9 Å². The van der Waals surface area contributed by atoms with Crippen LogP contribution in [0.2, 0.25) is 0 Å². The number of carbonyl (C=O) groups is 1. The van der Waals surface area contributed by atoms with E-state index in [1.54, 1.807) is 6.20 Å². The Labute approximate surface area is 196 Å². The zero-order valence-electron chi connectivity index (χ0n) is 20.2. The normalized spacial score (nSPS) is 21.2. The highest BCUT2D eigenvalue weighted by atomic mass is 16.5. The summed E-state index contributed by atoms with van der Waals surface area (Å²) in [6.45, 7) is 10.4. The topological polar surface area (TPSA) is 70.6 Å². The van der Waals surface area contributed by atoms with E-state index in [1.165, 1.54) is 24.1 Å². The molecule has 33 heavy (non-hydrogen) atoms. The Hall–Kier alpha value is -2.83. The SMILES string of the molecule is Cc1cc(Nc2ncc3c(n2)N(C2CCCC2)C(=O)C(C)(C)O3)ccc1N1CCC(C)CC1. The highest BCUT2D eigenvalue weighted by Gasteiger charge is 2.45. The van der Waals surface area contributed by atoms with Crippen molar-refractivity contribution in [3.05, 3.63) is 30.0 Å². The summed E-state index contributed by atoms with van der Waals surface area (Å²) in [6.07, 6.45) is 8.48. The van der Waals surface area contributed by atoms with E-state index in [0.29, 0.717) is 17.5 Å². The number of hydrogen-bond donors (Lipinski definition) is 1. The van der Waals surface area contributed by atoms with E-state index in [2.05, 4.69) is 47.2 Å². The largest absolute Gasteiger partial charge is 0.472 e. The minimum Gasteiger partial charge on any atom is -0.472 e. The van der Waals surface area contributed by atoms with Crippen LogP contribution in [0.4, 0.5) is 23.1 Å². The van der Waals surface area contributed by atoms with Gasteiger partial charge >= 0.3 is 0 Å². The van der Waals surface area contributed by atoms with Crippen LogP contribution >= 0.6 is 0 Å². The molecular weight excluding hydrogens is 414 g/mol. The molecule has 3 heterocycles. The first-order valence-electron chi connectivity index (χ1n) is 12.3. The van der Waals surface area contributed by atoms with Crippen LogP contribution in [0, 0.1) is 12.8 Å². The van der Waals surface area contributed by atoms with Gasteiger partial charge in [0.25, 0.3) is 5.91 Å². The van der Waals surface area contributed by atoms with E-state index in [0.717, 1.165) is 50.4 Å². The summed E-state index contributed by atoms with van der Waals surface area (Å²) in [7, 11) is 0. The maximum Gasteiger partial charge on any atom is 0.272 e. The van der Waals surface area contributed by atoms with Crippen molar-refractivity contribution >= 4 is 29.0 Å². The molecule has 5 rings (SSSR count). The highest BCUT2D eigenvalue weighted by Crippen LogP contribution is 2.41. The summed E-state index contributed by atoms with van der Waals surface area (Å²) in [6, 6.07) is 6.60. The van der Waals surface area contributed by atoms with Crippen LogP contribution in [0.15, 0.2) is 24.4 Å². The van der Waals surface area contributed by atoms with E-state index in [4.69, 9.17) is 9.72 Å². The molecule has 0 atom stereocenters. The number of nitrogens with zero attached hydrogens (tertiary/aromatic N) is 4. The van der Waals surface area contributed by atoms with Crippen molar-refractivity contribution < 1.29 is 9.53 Å². The molecule has 2 aliphatic heterocycles. The van der Waals surface area contributed by atoms with Crippen LogP contribution in [0.3, 0.4) is 0 Å². The zero-order valence-corrected chi connectivity index (χ0v) is 20.2. The average molecular weight is 450 g/mol. The zero-order chi connectivity index (χ0) is 23.2. The van der Waals surface area contributed by atoms with Gasteiger partial charge in [-0.25, -0.2) is 4.98 Å². The first-order chi connectivity index (χ1) is 15.8. The minimum absolute atomic E-state index is 0.0254. The van der Waals surface area contributed by atoms with E-state index >= 15 is 0 Å². The number of ether oxygens (including phenoxy) is 1. The molecule has 3 aliphatic rings. The molecule has 0 unspecified atom stereocenters. The molecule has 7 nitrogen and oxygen atoms in total. The third-order valence-electron chi connectivity index (χ3n) is 7.33. The van der Waals surface area contributed by atoms with Gasteiger partial charge in [0.1, 0.15) is 0 Å². The number of amides is 1. The predicted molar refractivity (Wildman–Crippen MR) is 132 cm³/mol.